The van der Waals surface area contributed by atoms with E-state index >= 15 is 0 Å². The zero-order valence-corrected chi connectivity index (χ0v) is 22.5. The van der Waals surface area contributed by atoms with Gasteiger partial charge in [-0.3, -0.25) is 9.59 Å². The fourth-order valence-corrected chi connectivity index (χ4v) is 4.73. The molecule has 4 heteroatoms. The lowest BCUT2D eigenvalue weighted by Crippen LogP contribution is -2.20. The molecular formula is C34H36O4. The highest BCUT2D eigenvalue weighted by atomic mass is 16.5. The van der Waals surface area contributed by atoms with E-state index < -0.39 is 0 Å². The monoisotopic (exact) mass is 508 g/mol. The molecule has 0 N–H and O–H groups in total. The number of carbonyl (C=O) groups excluding carboxylic acids is 2. The smallest absolute Gasteiger partial charge is 0.313 e. The minimum Gasteiger partial charge on any atom is -0.469 e. The van der Waals surface area contributed by atoms with Crippen LogP contribution < -0.4 is 0 Å². The molecule has 0 saturated heterocycles. The summed E-state index contributed by atoms with van der Waals surface area (Å²) in [5.41, 5.74) is 4.26. The van der Waals surface area contributed by atoms with Gasteiger partial charge in [-0.05, 0) is 34.1 Å². The molecule has 4 aromatic carbocycles. The predicted molar refractivity (Wildman–Crippen MR) is 152 cm³/mol. The van der Waals surface area contributed by atoms with E-state index in [2.05, 4.69) is 13.8 Å². The molecule has 0 heterocycles. The van der Waals surface area contributed by atoms with Crippen molar-refractivity contribution in [1.29, 1.82) is 0 Å². The Morgan fingerprint density at radius 1 is 0.447 bits per heavy atom. The summed E-state index contributed by atoms with van der Waals surface area (Å²) in [6, 6.07) is 39.7. The molecule has 4 nitrogen and oxygen atoms in total. The van der Waals surface area contributed by atoms with Gasteiger partial charge in [0, 0.05) is 0 Å². The first kappa shape index (κ1) is 28.4. The fraction of sp³-hybridized carbons (Fsp3) is 0.235. The van der Waals surface area contributed by atoms with Crippen molar-refractivity contribution in [2.75, 3.05) is 14.2 Å². The predicted octanol–water partition coefficient (Wildman–Crippen LogP) is 7.49. The van der Waals surface area contributed by atoms with Crippen molar-refractivity contribution in [3.8, 4) is 0 Å². The zero-order chi connectivity index (χ0) is 27.3. The van der Waals surface area contributed by atoms with Crippen molar-refractivity contribution in [2.45, 2.75) is 37.5 Å². The summed E-state index contributed by atoms with van der Waals surface area (Å²) >= 11 is 0. The van der Waals surface area contributed by atoms with Crippen LogP contribution in [0.2, 0.25) is 0 Å². The van der Waals surface area contributed by atoms with E-state index in [1.165, 1.54) is 14.2 Å². The Kier molecular flexibility index (Phi) is 10.9. The van der Waals surface area contributed by atoms with Crippen molar-refractivity contribution >= 4 is 11.9 Å². The lowest BCUT2D eigenvalue weighted by molar-refractivity contribution is -0.143. The van der Waals surface area contributed by atoms with E-state index in [0.29, 0.717) is 0 Å². The maximum atomic E-state index is 12.1. The van der Waals surface area contributed by atoms with Crippen LogP contribution in [0, 0.1) is 0 Å². The Morgan fingerprint density at radius 2 is 0.684 bits per heavy atom. The topological polar surface area (TPSA) is 52.6 Å². The summed E-state index contributed by atoms with van der Waals surface area (Å²) in [7, 11) is 2.88. The molecule has 4 rings (SSSR count). The highest BCUT2D eigenvalue weighted by Gasteiger charge is 2.29. The number of esters is 2. The van der Waals surface area contributed by atoms with Crippen molar-refractivity contribution in [3.05, 3.63) is 144 Å². The summed E-state index contributed by atoms with van der Waals surface area (Å²) in [6.07, 6.45) is 0. The van der Waals surface area contributed by atoms with Crippen LogP contribution in [0.3, 0.4) is 0 Å². The minimum absolute atomic E-state index is 0.0797. The summed E-state index contributed by atoms with van der Waals surface area (Å²) in [4.78, 5) is 24.2. The average molecular weight is 509 g/mol. The van der Waals surface area contributed by atoms with Crippen molar-refractivity contribution in [3.63, 3.8) is 0 Å². The van der Waals surface area contributed by atoms with Gasteiger partial charge in [0.25, 0.3) is 0 Å². The maximum absolute atomic E-state index is 12.1. The summed E-state index contributed by atoms with van der Waals surface area (Å²) in [5.74, 6) is -0.764. The fourth-order valence-electron chi connectivity index (χ4n) is 4.73. The SMILES string of the molecule is COC(=O)[C@@H](c1ccccc1)[C@@H](C)c1ccccc1.COC(=O)[C@@H](c1ccccc1)[C@H](C)c1ccccc1. The highest BCUT2D eigenvalue weighted by molar-refractivity contribution is 5.80. The molecule has 0 amide bonds. The third-order valence-corrected chi connectivity index (χ3v) is 6.88. The Morgan fingerprint density at radius 3 is 0.921 bits per heavy atom. The lowest BCUT2D eigenvalue weighted by atomic mass is 9.83. The number of ether oxygens (including phenoxy) is 2. The number of methoxy groups -OCH3 is 2. The van der Waals surface area contributed by atoms with Gasteiger partial charge in [-0.2, -0.15) is 0 Å². The van der Waals surface area contributed by atoms with Crippen LogP contribution in [0.1, 0.15) is 59.8 Å². The van der Waals surface area contributed by atoms with E-state index in [1.807, 2.05) is 121 Å². The highest BCUT2D eigenvalue weighted by Crippen LogP contribution is 2.34. The Balaban J connectivity index is 0.000000211. The van der Waals surface area contributed by atoms with Crippen LogP contribution >= 0.6 is 0 Å². The maximum Gasteiger partial charge on any atom is 0.313 e. The second-order valence-corrected chi connectivity index (χ2v) is 9.22. The molecule has 0 bridgehead atoms. The first-order chi connectivity index (χ1) is 18.5. The second kappa shape index (κ2) is 14.5. The lowest BCUT2D eigenvalue weighted by Gasteiger charge is -2.22. The van der Waals surface area contributed by atoms with Gasteiger partial charge in [0.1, 0.15) is 0 Å². The van der Waals surface area contributed by atoms with Crippen LogP contribution in [0.15, 0.2) is 121 Å². The van der Waals surface area contributed by atoms with Crippen molar-refractivity contribution < 1.29 is 19.1 Å². The second-order valence-electron chi connectivity index (χ2n) is 9.22. The molecule has 0 radical (unpaired) electrons. The van der Waals surface area contributed by atoms with E-state index in [0.717, 1.165) is 22.3 Å². The van der Waals surface area contributed by atoms with Gasteiger partial charge in [-0.25, -0.2) is 0 Å². The molecule has 0 unspecified atom stereocenters. The first-order valence-corrected chi connectivity index (χ1v) is 12.8. The number of carbonyl (C=O) groups is 2. The van der Waals surface area contributed by atoms with Crippen LogP contribution in [0.25, 0.3) is 0 Å². The number of hydrogen-bond donors (Lipinski definition) is 0. The molecule has 0 aromatic heterocycles. The molecule has 38 heavy (non-hydrogen) atoms. The molecule has 0 fully saturated rings. The number of rotatable bonds is 8. The number of hydrogen-bond acceptors (Lipinski definition) is 4. The molecule has 4 aromatic rings. The molecule has 4 atom stereocenters. The summed E-state index contributed by atoms with van der Waals surface area (Å²) in [5, 5.41) is 0. The van der Waals surface area contributed by atoms with Gasteiger partial charge in [0.15, 0.2) is 0 Å². The Hall–Kier alpha value is -4.18. The zero-order valence-electron chi connectivity index (χ0n) is 22.5. The Bertz CT molecular complexity index is 1140. The van der Waals surface area contributed by atoms with Crippen molar-refractivity contribution in [1.82, 2.24) is 0 Å². The normalized spacial score (nSPS) is 13.6. The number of benzene rings is 4. The third kappa shape index (κ3) is 7.42. The standard InChI is InChI=1S/2C17H18O2/c2*1-13(14-9-5-3-6-10-14)16(17(18)19-2)15-11-7-4-8-12-15/h2*3-13,16H,1-2H3/t13-,16+;13-,16-/m01/s1. The van der Waals surface area contributed by atoms with Crippen LogP contribution in [0.5, 0.6) is 0 Å². The quantitative estimate of drug-likeness (QED) is 0.231. The van der Waals surface area contributed by atoms with Crippen LogP contribution in [0.4, 0.5) is 0 Å². The van der Waals surface area contributed by atoms with Gasteiger partial charge in [-0.15, -0.1) is 0 Å². The van der Waals surface area contributed by atoms with Crippen LogP contribution in [-0.2, 0) is 19.1 Å². The molecule has 0 aliphatic heterocycles. The van der Waals surface area contributed by atoms with Gasteiger partial charge in [0.2, 0.25) is 0 Å². The van der Waals surface area contributed by atoms with Gasteiger partial charge < -0.3 is 9.47 Å². The average Bonchev–Trinajstić information content (AvgIpc) is 2.99. The molecule has 0 aliphatic rings. The van der Waals surface area contributed by atoms with E-state index in [4.69, 9.17) is 9.47 Å². The largest absolute Gasteiger partial charge is 0.469 e. The van der Waals surface area contributed by atoms with E-state index in [1.54, 1.807) is 0 Å². The third-order valence-electron chi connectivity index (χ3n) is 6.88. The minimum atomic E-state index is -0.270. The van der Waals surface area contributed by atoms with Gasteiger partial charge in [0.05, 0.1) is 26.1 Å². The van der Waals surface area contributed by atoms with Crippen molar-refractivity contribution in [2.24, 2.45) is 0 Å². The summed E-state index contributed by atoms with van der Waals surface area (Å²) < 4.78 is 9.94. The van der Waals surface area contributed by atoms with E-state index in [-0.39, 0.29) is 35.6 Å². The molecule has 0 spiro atoms. The van der Waals surface area contributed by atoms with Gasteiger partial charge >= 0.3 is 11.9 Å². The van der Waals surface area contributed by atoms with E-state index in [9.17, 15) is 9.59 Å². The molecular weight excluding hydrogens is 472 g/mol. The van der Waals surface area contributed by atoms with Gasteiger partial charge in [-0.1, -0.05) is 135 Å². The summed E-state index contributed by atoms with van der Waals surface area (Å²) in [6.45, 7) is 4.12. The first-order valence-electron chi connectivity index (χ1n) is 12.8. The molecule has 196 valence electrons. The Labute approximate surface area is 226 Å². The van der Waals surface area contributed by atoms with Crippen LogP contribution in [-0.4, -0.2) is 26.2 Å². The molecule has 0 aliphatic carbocycles. The molecule has 0 saturated carbocycles.